The van der Waals surface area contributed by atoms with Crippen LogP contribution in [0.5, 0.6) is 0 Å². The Balaban J connectivity index is 2.37. The lowest BCUT2D eigenvalue weighted by molar-refractivity contribution is 0.722. The highest BCUT2D eigenvalue weighted by molar-refractivity contribution is 5.83. The minimum absolute atomic E-state index is 0.574. The van der Waals surface area contributed by atoms with E-state index in [1.54, 1.807) is 0 Å². The number of hydrogen-bond acceptors (Lipinski definition) is 2. The molecule has 0 fully saturated rings. The Morgan fingerprint density at radius 3 is 2.88 bits per heavy atom. The second-order valence-corrected chi connectivity index (χ2v) is 2.19. The molecule has 0 aromatic carbocycles. The van der Waals surface area contributed by atoms with Crippen LogP contribution in [0.3, 0.4) is 0 Å². The topological polar surface area (TPSA) is 24.4 Å². The molecule has 0 aliphatic carbocycles. The van der Waals surface area contributed by atoms with E-state index in [-0.39, 0.29) is 0 Å². The van der Waals surface area contributed by atoms with Gasteiger partial charge >= 0.3 is 0 Å². The quantitative estimate of drug-likeness (QED) is 0.532. The zero-order valence-corrected chi connectivity index (χ0v) is 5.44. The first-order valence-electron chi connectivity index (χ1n) is 3.12. The second-order valence-electron chi connectivity index (χ2n) is 2.19. The van der Waals surface area contributed by atoms with Crippen molar-refractivity contribution in [3.63, 3.8) is 0 Å². The first-order chi connectivity index (χ1) is 3.83. The van der Waals surface area contributed by atoms with Gasteiger partial charge in [-0.3, -0.25) is 4.99 Å². The Kier molecular flexibility index (Phi) is 1.51. The van der Waals surface area contributed by atoms with Crippen LogP contribution in [0.15, 0.2) is 4.99 Å². The fraction of sp³-hybridized carbons (Fsp3) is 0.833. The molecule has 2 heteroatoms. The van der Waals surface area contributed by atoms with Gasteiger partial charge in [0, 0.05) is 12.5 Å². The lowest BCUT2D eigenvalue weighted by Gasteiger charge is -2.01. The van der Waals surface area contributed by atoms with Crippen molar-refractivity contribution in [2.24, 2.45) is 4.99 Å². The number of rotatable bonds is 1. The van der Waals surface area contributed by atoms with Crippen molar-refractivity contribution in [1.82, 2.24) is 5.32 Å². The third kappa shape index (κ3) is 0.997. The maximum Gasteiger partial charge on any atom is 0.0963 e. The molecule has 0 spiro atoms. The fourth-order valence-corrected chi connectivity index (χ4v) is 0.837. The van der Waals surface area contributed by atoms with Crippen LogP contribution in [0.2, 0.25) is 0 Å². The van der Waals surface area contributed by atoms with Crippen LogP contribution in [-0.2, 0) is 0 Å². The molecule has 0 unspecified atom stereocenters. The molecule has 0 aromatic heterocycles. The van der Waals surface area contributed by atoms with Crippen LogP contribution < -0.4 is 5.32 Å². The van der Waals surface area contributed by atoms with E-state index in [1.165, 1.54) is 0 Å². The van der Waals surface area contributed by atoms with Gasteiger partial charge in [0.1, 0.15) is 0 Å². The highest BCUT2D eigenvalue weighted by Gasteiger charge is 2.08. The standard InChI is InChI=1S/C6H12N2/c1-3-6-7-4-5(2)8-6/h5H,3-4H2,1-2H3,(H,7,8)/t5-/m0/s1. The summed E-state index contributed by atoms with van der Waals surface area (Å²) < 4.78 is 0. The molecule has 8 heavy (non-hydrogen) atoms. The lowest BCUT2D eigenvalue weighted by Crippen LogP contribution is -2.26. The van der Waals surface area contributed by atoms with Gasteiger partial charge in [-0.2, -0.15) is 0 Å². The molecule has 0 amide bonds. The Morgan fingerprint density at radius 1 is 1.88 bits per heavy atom. The molecule has 2 nitrogen and oxygen atoms in total. The van der Waals surface area contributed by atoms with Gasteiger partial charge in [-0.1, -0.05) is 6.92 Å². The van der Waals surface area contributed by atoms with Gasteiger partial charge in [-0.15, -0.1) is 0 Å². The highest BCUT2D eigenvalue weighted by Crippen LogP contribution is 1.95. The summed E-state index contributed by atoms with van der Waals surface area (Å²) in [5, 5.41) is 3.25. The van der Waals surface area contributed by atoms with E-state index in [2.05, 4.69) is 24.2 Å². The summed E-state index contributed by atoms with van der Waals surface area (Å²) in [7, 11) is 0. The van der Waals surface area contributed by atoms with Crippen LogP contribution in [0.1, 0.15) is 20.3 Å². The first-order valence-corrected chi connectivity index (χ1v) is 3.12. The predicted octanol–water partition coefficient (Wildman–Crippen LogP) is 0.787. The SMILES string of the molecule is CCC1=NC[C@H](C)N1. The molecule has 0 saturated carbocycles. The molecule has 0 bridgehead atoms. The van der Waals surface area contributed by atoms with Gasteiger partial charge in [-0.25, -0.2) is 0 Å². The maximum atomic E-state index is 4.24. The van der Waals surface area contributed by atoms with E-state index in [0.29, 0.717) is 6.04 Å². The number of amidine groups is 1. The van der Waals surface area contributed by atoms with Gasteiger partial charge < -0.3 is 5.32 Å². The van der Waals surface area contributed by atoms with Crippen molar-refractivity contribution in [1.29, 1.82) is 0 Å². The Morgan fingerprint density at radius 2 is 2.62 bits per heavy atom. The number of aliphatic imine (C=N–C) groups is 1. The smallest absolute Gasteiger partial charge is 0.0963 e. The zero-order chi connectivity index (χ0) is 5.98. The summed E-state index contributed by atoms with van der Waals surface area (Å²) in [4.78, 5) is 4.24. The van der Waals surface area contributed by atoms with Gasteiger partial charge in [0.25, 0.3) is 0 Å². The first kappa shape index (κ1) is 5.60. The van der Waals surface area contributed by atoms with E-state index in [4.69, 9.17) is 0 Å². The summed E-state index contributed by atoms with van der Waals surface area (Å²) in [6, 6.07) is 0.574. The predicted molar refractivity (Wildman–Crippen MR) is 35.2 cm³/mol. The van der Waals surface area contributed by atoms with Crippen molar-refractivity contribution < 1.29 is 0 Å². The Hall–Kier alpha value is -0.530. The molecule has 1 atom stereocenters. The summed E-state index contributed by atoms with van der Waals surface area (Å²) in [5.41, 5.74) is 0. The summed E-state index contributed by atoms with van der Waals surface area (Å²) in [5.74, 6) is 1.16. The summed E-state index contributed by atoms with van der Waals surface area (Å²) in [6.45, 7) is 5.22. The van der Waals surface area contributed by atoms with Gasteiger partial charge in [0.05, 0.1) is 12.4 Å². The van der Waals surface area contributed by atoms with Crippen molar-refractivity contribution in [3.8, 4) is 0 Å². The minimum Gasteiger partial charge on any atom is -0.370 e. The Labute approximate surface area is 50.0 Å². The van der Waals surface area contributed by atoms with Crippen LogP contribution in [-0.4, -0.2) is 18.4 Å². The van der Waals surface area contributed by atoms with E-state index in [0.717, 1.165) is 18.8 Å². The van der Waals surface area contributed by atoms with Gasteiger partial charge in [0.15, 0.2) is 0 Å². The second kappa shape index (κ2) is 2.16. The van der Waals surface area contributed by atoms with Crippen molar-refractivity contribution >= 4 is 5.84 Å². The molecule has 1 N–H and O–H groups in total. The van der Waals surface area contributed by atoms with E-state index in [1.807, 2.05) is 0 Å². The average Bonchev–Trinajstić information content (AvgIpc) is 2.14. The number of nitrogens with zero attached hydrogens (tertiary/aromatic N) is 1. The van der Waals surface area contributed by atoms with Crippen LogP contribution in [0.25, 0.3) is 0 Å². The molecule has 46 valence electrons. The van der Waals surface area contributed by atoms with Crippen LogP contribution in [0, 0.1) is 0 Å². The fourth-order valence-electron chi connectivity index (χ4n) is 0.837. The Bertz CT molecular complexity index is 107. The number of nitrogens with one attached hydrogen (secondary N) is 1. The number of hydrogen-bond donors (Lipinski definition) is 1. The molecule has 1 aliphatic rings. The largest absolute Gasteiger partial charge is 0.370 e. The maximum absolute atomic E-state index is 4.24. The molecular formula is C6H12N2. The minimum atomic E-state index is 0.574. The third-order valence-corrected chi connectivity index (χ3v) is 1.30. The average molecular weight is 112 g/mol. The van der Waals surface area contributed by atoms with E-state index >= 15 is 0 Å². The summed E-state index contributed by atoms with van der Waals surface area (Å²) >= 11 is 0. The summed E-state index contributed by atoms with van der Waals surface area (Å²) in [6.07, 6.45) is 1.05. The zero-order valence-electron chi connectivity index (χ0n) is 5.44. The van der Waals surface area contributed by atoms with Crippen LogP contribution in [0.4, 0.5) is 0 Å². The normalized spacial score (nSPS) is 27.2. The van der Waals surface area contributed by atoms with Crippen molar-refractivity contribution in [2.75, 3.05) is 6.54 Å². The van der Waals surface area contributed by atoms with Crippen molar-refractivity contribution in [3.05, 3.63) is 0 Å². The molecule has 0 aromatic rings. The molecule has 0 radical (unpaired) electrons. The molecule has 1 aliphatic heterocycles. The van der Waals surface area contributed by atoms with Gasteiger partial charge in [-0.05, 0) is 6.92 Å². The van der Waals surface area contributed by atoms with E-state index < -0.39 is 0 Å². The van der Waals surface area contributed by atoms with Crippen molar-refractivity contribution in [2.45, 2.75) is 26.3 Å². The molecule has 1 heterocycles. The van der Waals surface area contributed by atoms with E-state index in [9.17, 15) is 0 Å². The third-order valence-electron chi connectivity index (χ3n) is 1.30. The molecular weight excluding hydrogens is 100 g/mol. The lowest BCUT2D eigenvalue weighted by atomic mass is 10.4. The van der Waals surface area contributed by atoms with Gasteiger partial charge in [0.2, 0.25) is 0 Å². The monoisotopic (exact) mass is 112 g/mol. The van der Waals surface area contributed by atoms with Crippen LogP contribution >= 0.6 is 0 Å². The highest BCUT2D eigenvalue weighted by atomic mass is 15.1. The molecule has 1 rings (SSSR count). The molecule has 0 saturated heterocycles.